The molecular weight excluding hydrogens is 314 g/mol. The van der Waals surface area contributed by atoms with Gasteiger partial charge in [0.15, 0.2) is 0 Å². The molecule has 5 heteroatoms. The number of benzene rings is 1. The zero-order valence-electron chi connectivity index (χ0n) is 14.9. The molecule has 1 atom stereocenters. The molecule has 0 radical (unpaired) electrons. The van der Waals surface area contributed by atoms with Crippen molar-refractivity contribution in [3.63, 3.8) is 0 Å². The Balaban J connectivity index is 1.54. The Morgan fingerprint density at radius 2 is 1.96 bits per heavy atom. The molecule has 2 aromatic rings. The molecule has 25 heavy (non-hydrogen) atoms. The van der Waals surface area contributed by atoms with Crippen molar-refractivity contribution in [3.8, 4) is 5.75 Å². The topological polar surface area (TPSA) is 58.5 Å². The second-order valence-electron chi connectivity index (χ2n) is 6.90. The molecule has 134 valence electrons. The van der Waals surface area contributed by atoms with E-state index in [1.165, 1.54) is 0 Å². The van der Waals surface area contributed by atoms with E-state index < -0.39 is 5.60 Å². The summed E-state index contributed by atoms with van der Waals surface area (Å²) in [6.45, 7) is 4.80. The minimum absolute atomic E-state index is 0.319. The van der Waals surface area contributed by atoms with Crippen LogP contribution in [0.1, 0.15) is 37.6 Å². The van der Waals surface area contributed by atoms with Gasteiger partial charge < -0.3 is 9.84 Å². The van der Waals surface area contributed by atoms with Crippen molar-refractivity contribution >= 4 is 0 Å². The number of likely N-dealkylation sites (tertiary alicyclic amines) is 1. The molecule has 1 aliphatic heterocycles. The van der Waals surface area contributed by atoms with Crippen molar-refractivity contribution in [2.45, 2.75) is 44.8 Å². The lowest BCUT2D eigenvalue weighted by atomic mass is 9.93. The first kappa shape index (κ1) is 17.8. The SMILES string of the molecule is CCCc1ncc(CN2CCC[C@](O)(COc3ccccc3)C2)cn1. The van der Waals surface area contributed by atoms with E-state index in [0.717, 1.165) is 55.9 Å². The lowest BCUT2D eigenvalue weighted by Gasteiger charge is -2.38. The average molecular weight is 341 g/mol. The lowest BCUT2D eigenvalue weighted by molar-refractivity contribution is -0.0621. The fourth-order valence-electron chi connectivity index (χ4n) is 3.27. The zero-order chi connectivity index (χ0) is 17.5. The summed E-state index contributed by atoms with van der Waals surface area (Å²) in [5.74, 6) is 1.70. The number of aliphatic hydroxyl groups is 1. The predicted octanol–water partition coefficient (Wildman–Crippen LogP) is 2.84. The van der Waals surface area contributed by atoms with Gasteiger partial charge in [-0.3, -0.25) is 4.90 Å². The fraction of sp³-hybridized carbons (Fsp3) is 0.500. The third-order valence-corrected chi connectivity index (χ3v) is 4.52. The molecule has 1 fully saturated rings. The normalized spacial score (nSPS) is 21.2. The summed E-state index contributed by atoms with van der Waals surface area (Å²) in [7, 11) is 0. The van der Waals surface area contributed by atoms with Crippen LogP contribution in [0.25, 0.3) is 0 Å². The van der Waals surface area contributed by atoms with E-state index >= 15 is 0 Å². The maximum absolute atomic E-state index is 10.9. The molecule has 1 aliphatic rings. The molecule has 0 amide bonds. The number of rotatable bonds is 7. The monoisotopic (exact) mass is 341 g/mol. The summed E-state index contributed by atoms with van der Waals surface area (Å²) < 4.78 is 5.79. The number of hydrogen-bond donors (Lipinski definition) is 1. The average Bonchev–Trinajstić information content (AvgIpc) is 2.63. The van der Waals surface area contributed by atoms with Crippen molar-refractivity contribution < 1.29 is 9.84 Å². The number of hydrogen-bond acceptors (Lipinski definition) is 5. The van der Waals surface area contributed by atoms with Crippen LogP contribution in [0.2, 0.25) is 0 Å². The lowest BCUT2D eigenvalue weighted by Crippen LogP contribution is -2.51. The highest BCUT2D eigenvalue weighted by Gasteiger charge is 2.34. The van der Waals surface area contributed by atoms with Crippen LogP contribution < -0.4 is 4.74 Å². The van der Waals surface area contributed by atoms with Crippen LogP contribution in [0.3, 0.4) is 0 Å². The predicted molar refractivity (Wildman–Crippen MR) is 97.4 cm³/mol. The van der Waals surface area contributed by atoms with Gasteiger partial charge in [0.2, 0.25) is 0 Å². The van der Waals surface area contributed by atoms with E-state index in [-0.39, 0.29) is 0 Å². The summed E-state index contributed by atoms with van der Waals surface area (Å²) in [6.07, 6.45) is 7.52. The highest BCUT2D eigenvalue weighted by molar-refractivity contribution is 5.21. The molecule has 0 spiro atoms. The summed E-state index contributed by atoms with van der Waals surface area (Å²) in [6, 6.07) is 9.67. The number of piperidine rings is 1. The molecule has 0 aliphatic carbocycles. The Kier molecular flexibility index (Phi) is 6.00. The third-order valence-electron chi connectivity index (χ3n) is 4.52. The third kappa shape index (κ3) is 5.25. The number of aromatic nitrogens is 2. The smallest absolute Gasteiger partial charge is 0.128 e. The van der Waals surface area contributed by atoms with Crippen molar-refractivity contribution in [2.24, 2.45) is 0 Å². The number of para-hydroxylation sites is 1. The molecular formula is C20H27N3O2. The Labute approximate surface area is 149 Å². The molecule has 0 unspecified atom stereocenters. The highest BCUT2D eigenvalue weighted by Crippen LogP contribution is 2.24. The van der Waals surface area contributed by atoms with E-state index in [1.807, 2.05) is 42.7 Å². The maximum Gasteiger partial charge on any atom is 0.128 e. The van der Waals surface area contributed by atoms with Crippen molar-refractivity contribution in [3.05, 3.63) is 54.1 Å². The zero-order valence-corrected chi connectivity index (χ0v) is 14.9. The number of aryl methyl sites for hydroxylation is 1. The van der Waals surface area contributed by atoms with Gasteiger partial charge in [-0.05, 0) is 37.9 Å². The number of ether oxygens (including phenoxy) is 1. The second-order valence-corrected chi connectivity index (χ2v) is 6.90. The van der Waals surface area contributed by atoms with Crippen molar-refractivity contribution in [1.29, 1.82) is 0 Å². The van der Waals surface area contributed by atoms with Crippen LogP contribution in [0.4, 0.5) is 0 Å². The van der Waals surface area contributed by atoms with Crippen LogP contribution in [0.15, 0.2) is 42.7 Å². The second kappa shape index (κ2) is 8.41. The van der Waals surface area contributed by atoms with Gasteiger partial charge >= 0.3 is 0 Å². The van der Waals surface area contributed by atoms with Gasteiger partial charge in [-0.25, -0.2) is 9.97 Å². The minimum atomic E-state index is -0.808. The fourth-order valence-corrected chi connectivity index (χ4v) is 3.27. The Bertz CT molecular complexity index is 648. The number of β-amino-alcohol motifs (C(OH)–C–C–N with tert-alkyl or cyclic N) is 1. The maximum atomic E-state index is 10.9. The standard InChI is InChI=1S/C20H27N3O2/c1-2-7-19-21-12-17(13-22-19)14-23-11-6-10-20(24,15-23)16-25-18-8-4-3-5-9-18/h3-5,8-9,12-13,24H,2,6-7,10-11,14-16H2,1H3/t20-/m1/s1. The molecule has 1 N–H and O–H groups in total. The van der Waals surface area contributed by atoms with E-state index in [2.05, 4.69) is 21.8 Å². The summed E-state index contributed by atoms with van der Waals surface area (Å²) in [5, 5.41) is 10.9. The van der Waals surface area contributed by atoms with Gasteiger partial charge in [0.05, 0.1) is 0 Å². The summed E-state index contributed by atoms with van der Waals surface area (Å²) in [4.78, 5) is 11.1. The van der Waals surface area contributed by atoms with Gasteiger partial charge in [-0.2, -0.15) is 0 Å². The molecule has 1 aromatic carbocycles. The van der Waals surface area contributed by atoms with Crippen molar-refractivity contribution in [2.75, 3.05) is 19.7 Å². The molecule has 1 saturated heterocycles. The van der Waals surface area contributed by atoms with Gasteiger partial charge in [-0.1, -0.05) is 25.1 Å². The van der Waals surface area contributed by atoms with E-state index in [1.54, 1.807) is 0 Å². The van der Waals surface area contributed by atoms with E-state index in [9.17, 15) is 5.11 Å². The van der Waals surface area contributed by atoms with Crippen LogP contribution in [-0.4, -0.2) is 45.3 Å². The molecule has 2 heterocycles. The molecule has 0 bridgehead atoms. The Morgan fingerprint density at radius 1 is 1.20 bits per heavy atom. The van der Waals surface area contributed by atoms with E-state index in [4.69, 9.17) is 4.74 Å². The largest absolute Gasteiger partial charge is 0.491 e. The molecule has 1 aromatic heterocycles. The van der Waals surface area contributed by atoms with E-state index in [0.29, 0.717) is 13.2 Å². The van der Waals surface area contributed by atoms with Crippen molar-refractivity contribution in [1.82, 2.24) is 14.9 Å². The van der Waals surface area contributed by atoms with Crippen LogP contribution in [0.5, 0.6) is 5.75 Å². The van der Waals surface area contributed by atoms with Gasteiger partial charge in [0.25, 0.3) is 0 Å². The minimum Gasteiger partial charge on any atom is -0.491 e. The Hall–Kier alpha value is -1.98. The number of nitrogens with zero attached hydrogens (tertiary/aromatic N) is 3. The Morgan fingerprint density at radius 3 is 2.68 bits per heavy atom. The first-order valence-corrected chi connectivity index (χ1v) is 9.09. The molecule has 5 nitrogen and oxygen atoms in total. The van der Waals surface area contributed by atoms with Crippen LogP contribution >= 0.6 is 0 Å². The van der Waals surface area contributed by atoms with Gasteiger partial charge in [-0.15, -0.1) is 0 Å². The summed E-state index contributed by atoms with van der Waals surface area (Å²) >= 11 is 0. The van der Waals surface area contributed by atoms with Crippen LogP contribution in [-0.2, 0) is 13.0 Å². The first-order valence-electron chi connectivity index (χ1n) is 9.09. The first-order chi connectivity index (χ1) is 12.2. The van der Waals surface area contributed by atoms with Crippen LogP contribution in [0, 0.1) is 0 Å². The molecule has 0 saturated carbocycles. The van der Waals surface area contributed by atoms with Gasteiger partial charge in [0, 0.05) is 37.5 Å². The quantitative estimate of drug-likeness (QED) is 0.839. The highest BCUT2D eigenvalue weighted by atomic mass is 16.5. The molecule has 3 rings (SSSR count). The van der Waals surface area contributed by atoms with Gasteiger partial charge in [0.1, 0.15) is 23.8 Å². The summed E-state index contributed by atoms with van der Waals surface area (Å²) in [5.41, 5.74) is 0.282.